The van der Waals surface area contributed by atoms with Crippen molar-refractivity contribution in [3.8, 4) is 11.5 Å². The fourth-order valence-electron chi connectivity index (χ4n) is 6.13. The van der Waals surface area contributed by atoms with Crippen molar-refractivity contribution >= 4 is 23.6 Å². The van der Waals surface area contributed by atoms with Crippen LogP contribution in [-0.2, 0) is 46.4 Å². The summed E-state index contributed by atoms with van der Waals surface area (Å²) >= 11 is 0. The number of likely N-dealkylation sites (N-methyl/N-ethyl adjacent to an activating group) is 1. The highest BCUT2D eigenvalue weighted by Crippen LogP contribution is 2.28. The number of nitrogens with one attached hydrogen (secondary N) is 4. The van der Waals surface area contributed by atoms with Crippen LogP contribution in [0, 0.1) is 13.8 Å². The Morgan fingerprint density at radius 3 is 1.51 bits per heavy atom. The van der Waals surface area contributed by atoms with Crippen LogP contribution in [-0.4, -0.2) is 72.1 Å². The average molecular weight is 738 g/mol. The topological polar surface area (TPSA) is 224 Å². The van der Waals surface area contributed by atoms with Crippen molar-refractivity contribution in [1.29, 1.82) is 0 Å². The summed E-state index contributed by atoms with van der Waals surface area (Å²) in [5.74, 6) is -2.83. The van der Waals surface area contributed by atoms with Gasteiger partial charge in [-0.1, -0.05) is 6.58 Å². The van der Waals surface area contributed by atoms with Gasteiger partial charge in [0.2, 0.25) is 34.5 Å². The number of carbonyl (C=O) groups excluding carboxylic acids is 4. The first-order chi connectivity index (χ1) is 24.8. The Balaban J connectivity index is 1.78. The number of carbonyl (C=O) groups is 4. The van der Waals surface area contributed by atoms with E-state index in [1.807, 2.05) is 6.92 Å². The lowest BCUT2D eigenvalue weighted by Crippen LogP contribution is -2.50. The molecule has 0 atom stereocenters. The maximum Gasteiger partial charge on any atom is 0.223 e. The van der Waals surface area contributed by atoms with E-state index in [1.54, 1.807) is 55.1 Å². The zero-order valence-electron chi connectivity index (χ0n) is 31.4. The molecular formula is C37H51N7O9. The van der Waals surface area contributed by atoms with Gasteiger partial charge in [0.15, 0.2) is 11.5 Å². The van der Waals surface area contributed by atoms with Gasteiger partial charge >= 0.3 is 0 Å². The van der Waals surface area contributed by atoms with Crippen molar-refractivity contribution < 1.29 is 34.5 Å². The molecule has 0 bridgehead atoms. The lowest BCUT2D eigenvalue weighted by molar-refractivity contribution is -0.126. The molecule has 3 rings (SSSR count). The van der Waals surface area contributed by atoms with Gasteiger partial charge in [0.1, 0.15) is 5.76 Å². The second-order valence-corrected chi connectivity index (χ2v) is 13.5. The smallest absolute Gasteiger partial charge is 0.223 e. The van der Waals surface area contributed by atoms with Gasteiger partial charge in [0, 0.05) is 87.7 Å². The first-order valence-electron chi connectivity index (χ1n) is 17.2. The van der Waals surface area contributed by atoms with E-state index in [0.29, 0.717) is 22.7 Å². The van der Waals surface area contributed by atoms with E-state index in [4.69, 9.17) is 0 Å². The fourth-order valence-corrected chi connectivity index (χ4v) is 6.13. The number of amides is 4. The summed E-state index contributed by atoms with van der Waals surface area (Å²) in [5, 5.41) is 42.2. The largest absolute Gasteiger partial charge is 0.505 e. The Morgan fingerprint density at radius 2 is 1.11 bits per heavy atom. The molecule has 0 radical (unpaired) electrons. The third-order valence-corrected chi connectivity index (χ3v) is 9.75. The number of hydrogen-bond acceptors (Lipinski definition) is 10. The molecule has 0 aliphatic carbocycles. The van der Waals surface area contributed by atoms with Crippen LogP contribution in [0.2, 0.25) is 0 Å². The molecule has 0 saturated carbocycles. The zero-order valence-corrected chi connectivity index (χ0v) is 31.4. The number of aliphatic hydroxyl groups excluding tert-OH is 1. The summed E-state index contributed by atoms with van der Waals surface area (Å²) in [5.41, 5.74) is 0.871. The van der Waals surface area contributed by atoms with Crippen molar-refractivity contribution in [2.24, 2.45) is 14.1 Å². The molecule has 7 N–H and O–H groups in total. The highest BCUT2D eigenvalue weighted by atomic mass is 16.3. The third kappa shape index (κ3) is 10.6. The number of rotatable bonds is 16. The Bertz CT molecular complexity index is 1880. The first kappa shape index (κ1) is 41.6. The molecular weight excluding hydrogens is 686 g/mol. The van der Waals surface area contributed by atoms with Crippen molar-refractivity contribution in [2.75, 3.05) is 13.6 Å². The molecule has 1 aliphatic rings. The van der Waals surface area contributed by atoms with Gasteiger partial charge < -0.3 is 50.6 Å². The number of allylic oxidation sites excluding steroid dienone is 2. The number of aromatic nitrogens is 2. The van der Waals surface area contributed by atoms with Gasteiger partial charge in [0.05, 0.1) is 36.7 Å². The molecule has 2 aromatic rings. The van der Waals surface area contributed by atoms with Crippen LogP contribution in [0.25, 0.3) is 0 Å². The van der Waals surface area contributed by atoms with Crippen molar-refractivity contribution in [3.63, 3.8) is 0 Å². The van der Waals surface area contributed by atoms with Crippen LogP contribution in [0.15, 0.2) is 57.1 Å². The van der Waals surface area contributed by atoms with Gasteiger partial charge in [-0.2, -0.15) is 0 Å². The van der Waals surface area contributed by atoms with Gasteiger partial charge in [0.25, 0.3) is 0 Å². The minimum Gasteiger partial charge on any atom is -0.505 e. The summed E-state index contributed by atoms with van der Waals surface area (Å²) < 4.78 is 3.16. The van der Waals surface area contributed by atoms with Gasteiger partial charge in [-0.05, 0) is 46.1 Å². The molecule has 0 unspecified atom stereocenters. The Hall–Kier alpha value is -5.80. The highest BCUT2D eigenvalue weighted by molar-refractivity contribution is 5.79. The molecule has 0 aromatic carbocycles. The van der Waals surface area contributed by atoms with Crippen LogP contribution < -0.4 is 32.1 Å². The lowest BCUT2D eigenvalue weighted by atomic mass is 9.83. The molecule has 2 aromatic heterocycles. The number of nitrogens with zero attached hydrogens (tertiary/aromatic N) is 3. The lowest BCUT2D eigenvalue weighted by Gasteiger charge is -2.35. The van der Waals surface area contributed by atoms with Crippen LogP contribution in [0.1, 0.15) is 75.1 Å². The number of aromatic hydroxyl groups is 2. The molecule has 16 nitrogen and oxygen atoms in total. The molecule has 0 saturated heterocycles. The summed E-state index contributed by atoms with van der Waals surface area (Å²) in [4.78, 5) is 78.0. The monoisotopic (exact) mass is 737 g/mol. The standard InChI is InChI=1S/C37H51N7O9/c1-21-15-22(2)42(6)26(34(21)51)18-38-31(48)9-12-37(41-25(5)45,13-10-32(49)39-19-27-35(52)29(46)16-23(3)43(27)7)14-11-33(50)40-20-28-36(53)30(47)17-24(4)44(28)8/h15-17,51-53H,1,9-14,18-20H2,2-8H3,(H,38,48)(H,39,49)(H,40,50)(H,41,45). The van der Waals surface area contributed by atoms with Crippen molar-refractivity contribution in [3.05, 3.63) is 90.7 Å². The van der Waals surface area contributed by atoms with E-state index in [0.717, 1.165) is 5.70 Å². The van der Waals surface area contributed by atoms with E-state index >= 15 is 0 Å². The SMILES string of the molecule is C=C1C=C(C)N(C)C(CNC(=O)CCC(CCC(=O)NCc2c(O)c(=O)cc(C)n2C)(CCC(=O)NCc2c(O)c(=O)cc(C)n2C)NC(C)=O)=C1O. The summed E-state index contributed by atoms with van der Waals surface area (Å²) in [6, 6.07) is 2.56. The van der Waals surface area contributed by atoms with Crippen LogP contribution >= 0.6 is 0 Å². The van der Waals surface area contributed by atoms with E-state index in [2.05, 4.69) is 27.8 Å². The Kier molecular flexibility index (Phi) is 13.8. The van der Waals surface area contributed by atoms with Crippen molar-refractivity contribution in [1.82, 2.24) is 35.3 Å². The second-order valence-electron chi connectivity index (χ2n) is 13.5. The highest BCUT2D eigenvalue weighted by Gasteiger charge is 2.33. The minimum absolute atomic E-state index is 0.00800. The van der Waals surface area contributed by atoms with E-state index < -0.39 is 51.5 Å². The van der Waals surface area contributed by atoms with Crippen molar-refractivity contribution in [2.45, 2.75) is 84.8 Å². The normalized spacial score (nSPS) is 13.1. The number of pyridine rings is 2. The fraction of sp³-hybridized carbons (Fsp3) is 0.459. The predicted octanol–water partition coefficient (Wildman–Crippen LogP) is 1.55. The molecule has 53 heavy (non-hydrogen) atoms. The summed E-state index contributed by atoms with van der Waals surface area (Å²) in [6.45, 7) is 10.0. The molecule has 0 fully saturated rings. The minimum atomic E-state index is -1.22. The van der Waals surface area contributed by atoms with Gasteiger partial charge in [-0.15, -0.1) is 0 Å². The number of aryl methyl sites for hydroxylation is 2. The first-order valence-corrected chi connectivity index (χ1v) is 17.2. The van der Waals surface area contributed by atoms with Gasteiger partial charge in [-0.25, -0.2) is 0 Å². The molecule has 16 heteroatoms. The third-order valence-electron chi connectivity index (χ3n) is 9.75. The number of hydrogen-bond donors (Lipinski definition) is 7. The Labute approximate surface area is 307 Å². The maximum absolute atomic E-state index is 13.2. The number of aliphatic hydroxyl groups is 1. The maximum atomic E-state index is 13.2. The van der Waals surface area contributed by atoms with Crippen LogP contribution in [0.3, 0.4) is 0 Å². The van der Waals surface area contributed by atoms with E-state index in [1.165, 1.54) is 19.1 Å². The molecule has 0 spiro atoms. The summed E-state index contributed by atoms with van der Waals surface area (Å²) in [6.07, 6.45) is 1.36. The second kappa shape index (κ2) is 17.6. The Morgan fingerprint density at radius 1 is 0.717 bits per heavy atom. The molecule has 3 heterocycles. The van der Waals surface area contributed by atoms with E-state index in [-0.39, 0.29) is 75.3 Å². The van der Waals surface area contributed by atoms with Crippen LogP contribution in [0.4, 0.5) is 0 Å². The van der Waals surface area contributed by atoms with Gasteiger partial charge in [-0.3, -0.25) is 28.8 Å². The van der Waals surface area contributed by atoms with E-state index in [9.17, 15) is 44.1 Å². The zero-order chi connectivity index (χ0) is 39.8. The molecule has 288 valence electrons. The summed E-state index contributed by atoms with van der Waals surface area (Å²) in [7, 11) is 5.03. The molecule has 1 aliphatic heterocycles. The molecule has 4 amide bonds. The van der Waals surface area contributed by atoms with Crippen LogP contribution in [0.5, 0.6) is 11.5 Å². The predicted molar refractivity (Wildman–Crippen MR) is 197 cm³/mol. The average Bonchev–Trinajstić information content (AvgIpc) is 3.09. The quantitative estimate of drug-likeness (QED) is 0.132.